The molecule has 0 saturated carbocycles. The Kier molecular flexibility index (Phi) is 8.20. The highest BCUT2D eigenvalue weighted by Crippen LogP contribution is 2.03. The molecule has 0 amide bonds. The summed E-state index contributed by atoms with van der Waals surface area (Å²) in [5, 5.41) is 16.8. The molecule has 2 N–H and O–H groups in total. The average Bonchev–Trinajstić information content (AvgIpc) is 2.02. The maximum absolute atomic E-state index is 8.38. The van der Waals surface area contributed by atoms with Gasteiger partial charge in [-0.3, -0.25) is 0 Å². The Bertz CT molecular complexity index is 142. The minimum Gasteiger partial charge on any atom is -0.358 e. The summed E-state index contributed by atoms with van der Waals surface area (Å²) in [5.41, 5.74) is 0. The monoisotopic (exact) mass is 170 g/mol. The standard InChI is InChI=1S/C10H18O2/c1-2-3-4-5-6-7-8-9-10(11)12/h10-12H,2-7H2,1H3. The quantitative estimate of drug-likeness (QED) is 0.374. The molecule has 0 aromatic carbocycles. The Morgan fingerprint density at radius 2 is 1.75 bits per heavy atom. The Morgan fingerprint density at radius 3 is 2.33 bits per heavy atom. The first-order valence-electron chi connectivity index (χ1n) is 4.62. The lowest BCUT2D eigenvalue weighted by molar-refractivity contribution is 0.0107. The molecule has 70 valence electrons. The molecule has 0 aliphatic heterocycles. The predicted molar refractivity (Wildman–Crippen MR) is 49.4 cm³/mol. The number of unbranched alkanes of at least 4 members (excludes halogenated alkanes) is 5. The minimum absolute atomic E-state index is 0.779. The zero-order valence-corrected chi connectivity index (χ0v) is 7.71. The van der Waals surface area contributed by atoms with Gasteiger partial charge in [0.2, 0.25) is 6.29 Å². The summed E-state index contributed by atoms with van der Waals surface area (Å²) in [5.74, 6) is 5.01. The van der Waals surface area contributed by atoms with Gasteiger partial charge >= 0.3 is 0 Å². The predicted octanol–water partition coefficient (Wildman–Crippen LogP) is 1.66. The second-order valence-corrected chi connectivity index (χ2v) is 2.86. The molecule has 0 aromatic rings. The van der Waals surface area contributed by atoms with Gasteiger partial charge in [-0.15, -0.1) is 0 Å². The van der Waals surface area contributed by atoms with Gasteiger partial charge < -0.3 is 10.2 Å². The van der Waals surface area contributed by atoms with Crippen LogP contribution in [0, 0.1) is 11.8 Å². The van der Waals surface area contributed by atoms with Crippen LogP contribution in [0.2, 0.25) is 0 Å². The van der Waals surface area contributed by atoms with Gasteiger partial charge in [-0.2, -0.15) is 0 Å². The topological polar surface area (TPSA) is 40.5 Å². The molecule has 12 heavy (non-hydrogen) atoms. The van der Waals surface area contributed by atoms with Gasteiger partial charge in [0.1, 0.15) is 0 Å². The molecule has 0 spiro atoms. The summed E-state index contributed by atoms with van der Waals surface area (Å²) < 4.78 is 0. The van der Waals surface area contributed by atoms with E-state index in [2.05, 4.69) is 18.8 Å². The zero-order chi connectivity index (χ0) is 9.23. The molecule has 2 nitrogen and oxygen atoms in total. The van der Waals surface area contributed by atoms with E-state index >= 15 is 0 Å². The fourth-order valence-electron chi connectivity index (χ4n) is 0.980. The second-order valence-electron chi connectivity index (χ2n) is 2.86. The first kappa shape index (κ1) is 11.5. The van der Waals surface area contributed by atoms with E-state index in [9.17, 15) is 0 Å². The molecule has 0 unspecified atom stereocenters. The van der Waals surface area contributed by atoms with Gasteiger partial charge in [-0.05, 0) is 12.3 Å². The maximum atomic E-state index is 8.38. The molecule has 0 saturated heterocycles. The Hall–Kier alpha value is -0.520. The summed E-state index contributed by atoms with van der Waals surface area (Å²) >= 11 is 0. The van der Waals surface area contributed by atoms with E-state index in [1.165, 1.54) is 25.7 Å². The van der Waals surface area contributed by atoms with Crippen LogP contribution in [0.25, 0.3) is 0 Å². The Morgan fingerprint density at radius 1 is 1.08 bits per heavy atom. The summed E-state index contributed by atoms with van der Waals surface area (Å²) in [7, 11) is 0. The van der Waals surface area contributed by atoms with E-state index < -0.39 is 6.29 Å². The van der Waals surface area contributed by atoms with Crippen LogP contribution in [-0.2, 0) is 0 Å². The van der Waals surface area contributed by atoms with E-state index in [-0.39, 0.29) is 0 Å². The molecule has 2 heteroatoms. The van der Waals surface area contributed by atoms with Crippen LogP contribution in [0.15, 0.2) is 0 Å². The van der Waals surface area contributed by atoms with Crippen LogP contribution in [0.4, 0.5) is 0 Å². The van der Waals surface area contributed by atoms with Crippen LogP contribution >= 0.6 is 0 Å². The lowest BCUT2D eigenvalue weighted by atomic mass is 10.1. The van der Waals surface area contributed by atoms with E-state index in [0.717, 1.165) is 12.8 Å². The third kappa shape index (κ3) is 9.48. The first-order valence-corrected chi connectivity index (χ1v) is 4.62. The highest BCUT2D eigenvalue weighted by atomic mass is 16.5. The summed E-state index contributed by atoms with van der Waals surface area (Å²) in [6, 6.07) is 0. The van der Waals surface area contributed by atoms with Crippen molar-refractivity contribution in [2.45, 2.75) is 51.7 Å². The van der Waals surface area contributed by atoms with Gasteiger partial charge in [-0.25, -0.2) is 0 Å². The van der Waals surface area contributed by atoms with Crippen molar-refractivity contribution in [3.05, 3.63) is 0 Å². The maximum Gasteiger partial charge on any atom is 0.217 e. The van der Waals surface area contributed by atoms with Crippen molar-refractivity contribution in [1.82, 2.24) is 0 Å². The molecule has 0 heterocycles. The van der Waals surface area contributed by atoms with Crippen molar-refractivity contribution >= 4 is 0 Å². The SMILES string of the molecule is CCCCCCCC#CC(O)O. The van der Waals surface area contributed by atoms with Crippen molar-refractivity contribution in [2.24, 2.45) is 0 Å². The summed E-state index contributed by atoms with van der Waals surface area (Å²) in [6.45, 7) is 2.18. The summed E-state index contributed by atoms with van der Waals surface area (Å²) in [4.78, 5) is 0. The normalized spacial score (nSPS) is 9.67. The smallest absolute Gasteiger partial charge is 0.217 e. The van der Waals surface area contributed by atoms with Crippen molar-refractivity contribution in [2.75, 3.05) is 0 Å². The number of aliphatic hydroxyl groups excluding tert-OH is 1. The lowest BCUT2D eigenvalue weighted by Gasteiger charge is -1.94. The zero-order valence-electron chi connectivity index (χ0n) is 7.71. The highest BCUT2D eigenvalue weighted by molar-refractivity contribution is 5.00. The molecule has 0 rings (SSSR count). The fraction of sp³-hybridized carbons (Fsp3) is 0.800. The van der Waals surface area contributed by atoms with Crippen molar-refractivity contribution in [1.29, 1.82) is 0 Å². The second kappa shape index (κ2) is 8.58. The van der Waals surface area contributed by atoms with Gasteiger partial charge in [0.05, 0.1) is 0 Å². The van der Waals surface area contributed by atoms with Crippen molar-refractivity contribution in [3.63, 3.8) is 0 Å². The number of hydrogen-bond donors (Lipinski definition) is 2. The number of aliphatic hydroxyl groups is 2. The van der Waals surface area contributed by atoms with Crippen LogP contribution in [0.3, 0.4) is 0 Å². The molecule has 0 radical (unpaired) electrons. The largest absolute Gasteiger partial charge is 0.358 e. The molecular weight excluding hydrogens is 152 g/mol. The average molecular weight is 170 g/mol. The van der Waals surface area contributed by atoms with E-state index in [1.54, 1.807) is 0 Å². The first-order chi connectivity index (χ1) is 5.77. The lowest BCUT2D eigenvalue weighted by Crippen LogP contribution is -1.97. The highest BCUT2D eigenvalue weighted by Gasteiger charge is 1.87. The fourth-order valence-corrected chi connectivity index (χ4v) is 0.980. The number of hydrogen-bond acceptors (Lipinski definition) is 2. The van der Waals surface area contributed by atoms with Gasteiger partial charge in [-0.1, -0.05) is 38.5 Å². The molecular formula is C10H18O2. The summed E-state index contributed by atoms with van der Waals surface area (Å²) in [6.07, 6.45) is 5.39. The molecule has 0 aromatic heterocycles. The Labute approximate surface area is 74.6 Å². The molecule has 0 aliphatic rings. The van der Waals surface area contributed by atoms with Gasteiger partial charge in [0.25, 0.3) is 0 Å². The molecule has 0 atom stereocenters. The van der Waals surface area contributed by atoms with E-state index in [4.69, 9.17) is 10.2 Å². The van der Waals surface area contributed by atoms with E-state index in [1.807, 2.05) is 0 Å². The number of rotatable bonds is 5. The molecule has 0 fully saturated rings. The van der Waals surface area contributed by atoms with Gasteiger partial charge in [0, 0.05) is 6.42 Å². The van der Waals surface area contributed by atoms with Crippen molar-refractivity contribution < 1.29 is 10.2 Å². The van der Waals surface area contributed by atoms with Gasteiger partial charge in [0.15, 0.2) is 0 Å². The van der Waals surface area contributed by atoms with Crippen LogP contribution < -0.4 is 0 Å². The minimum atomic E-state index is -1.46. The third-order valence-electron chi connectivity index (χ3n) is 1.64. The van der Waals surface area contributed by atoms with E-state index in [0.29, 0.717) is 0 Å². The third-order valence-corrected chi connectivity index (χ3v) is 1.64. The van der Waals surface area contributed by atoms with Crippen LogP contribution in [0.1, 0.15) is 45.4 Å². The van der Waals surface area contributed by atoms with Crippen LogP contribution in [0.5, 0.6) is 0 Å². The molecule has 0 bridgehead atoms. The Balaban J connectivity index is 3.07. The van der Waals surface area contributed by atoms with Crippen LogP contribution in [-0.4, -0.2) is 16.5 Å². The molecule has 0 aliphatic carbocycles. The van der Waals surface area contributed by atoms with Crippen molar-refractivity contribution in [3.8, 4) is 11.8 Å².